The van der Waals surface area contributed by atoms with Gasteiger partial charge in [-0.15, -0.1) is 0 Å². The second kappa shape index (κ2) is 6.97. The summed E-state index contributed by atoms with van der Waals surface area (Å²) in [5, 5.41) is 6.48. The van der Waals surface area contributed by atoms with Gasteiger partial charge in [0.15, 0.2) is 0 Å². The number of hydrogen-bond donors (Lipinski definition) is 2. The van der Waals surface area contributed by atoms with Crippen LogP contribution in [0.2, 0.25) is 0 Å². The van der Waals surface area contributed by atoms with E-state index in [1.165, 1.54) is 0 Å². The van der Waals surface area contributed by atoms with Crippen molar-refractivity contribution in [3.05, 3.63) is 0 Å². The van der Waals surface area contributed by atoms with Gasteiger partial charge >= 0.3 is 0 Å². The van der Waals surface area contributed by atoms with Gasteiger partial charge in [0.1, 0.15) is 0 Å². The lowest BCUT2D eigenvalue weighted by Crippen LogP contribution is -2.43. The minimum atomic E-state index is 0.187. The number of carbonyl (C=O) groups is 1. The van der Waals surface area contributed by atoms with Gasteiger partial charge in [0, 0.05) is 31.6 Å². The molecular weight excluding hydrogens is 214 g/mol. The molecule has 0 spiro atoms. The maximum atomic E-state index is 11.5. The molecule has 0 bridgehead atoms. The van der Waals surface area contributed by atoms with Crippen molar-refractivity contribution in [2.45, 2.75) is 45.2 Å². The van der Waals surface area contributed by atoms with Crippen molar-refractivity contribution in [2.24, 2.45) is 5.92 Å². The van der Waals surface area contributed by atoms with Crippen LogP contribution in [0.5, 0.6) is 0 Å². The number of hydrogen-bond acceptors (Lipinski definition) is 3. The van der Waals surface area contributed by atoms with Crippen LogP contribution < -0.4 is 10.6 Å². The van der Waals surface area contributed by atoms with Crippen LogP contribution in [0.3, 0.4) is 0 Å². The molecule has 1 rings (SSSR count). The van der Waals surface area contributed by atoms with E-state index in [4.69, 9.17) is 0 Å². The predicted octanol–water partition coefficient (Wildman–Crippen LogP) is 0.831. The average Bonchev–Trinajstić information content (AvgIpc) is 2.99. The second-order valence-electron chi connectivity index (χ2n) is 5.66. The predicted molar refractivity (Wildman–Crippen MR) is 71.0 cm³/mol. The number of amides is 1. The zero-order valence-electron chi connectivity index (χ0n) is 11.6. The van der Waals surface area contributed by atoms with Gasteiger partial charge in [-0.1, -0.05) is 13.8 Å². The van der Waals surface area contributed by atoms with Crippen molar-refractivity contribution in [2.75, 3.05) is 27.2 Å². The van der Waals surface area contributed by atoms with Crippen molar-refractivity contribution in [3.8, 4) is 0 Å². The fourth-order valence-electron chi connectivity index (χ4n) is 1.80. The van der Waals surface area contributed by atoms with Gasteiger partial charge in [0.25, 0.3) is 0 Å². The van der Waals surface area contributed by atoms with E-state index in [2.05, 4.69) is 43.5 Å². The van der Waals surface area contributed by atoms with Gasteiger partial charge in [-0.25, -0.2) is 0 Å². The van der Waals surface area contributed by atoms with Crippen LogP contribution in [0.15, 0.2) is 0 Å². The molecule has 1 saturated carbocycles. The van der Waals surface area contributed by atoms with E-state index in [1.54, 1.807) is 0 Å². The fraction of sp³-hybridized carbons (Fsp3) is 0.923. The van der Waals surface area contributed by atoms with E-state index in [-0.39, 0.29) is 5.91 Å². The molecule has 1 amide bonds. The maximum absolute atomic E-state index is 11.5. The Morgan fingerprint density at radius 1 is 1.35 bits per heavy atom. The molecule has 1 unspecified atom stereocenters. The first-order valence-electron chi connectivity index (χ1n) is 6.66. The fourth-order valence-corrected chi connectivity index (χ4v) is 1.80. The standard InChI is InChI=1S/C13H27N3O/c1-10(2)12(9-16(3)4)14-8-7-13(17)15-11-5-6-11/h10-12,14H,5-9H2,1-4H3,(H,15,17). The number of rotatable bonds is 8. The Balaban J connectivity index is 2.14. The Morgan fingerprint density at radius 3 is 2.47 bits per heavy atom. The zero-order valence-corrected chi connectivity index (χ0v) is 11.6. The first-order chi connectivity index (χ1) is 7.99. The topological polar surface area (TPSA) is 44.4 Å². The molecule has 4 heteroatoms. The third kappa shape index (κ3) is 6.64. The summed E-state index contributed by atoms with van der Waals surface area (Å²) in [6.45, 7) is 6.22. The second-order valence-corrected chi connectivity index (χ2v) is 5.66. The molecular formula is C13H27N3O. The molecule has 2 N–H and O–H groups in total. The first-order valence-corrected chi connectivity index (χ1v) is 6.66. The lowest BCUT2D eigenvalue weighted by Gasteiger charge is -2.25. The van der Waals surface area contributed by atoms with Crippen LogP contribution in [0, 0.1) is 5.92 Å². The Bertz CT molecular complexity index is 237. The molecule has 0 aromatic heterocycles. The van der Waals surface area contributed by atoms with Crippen molar-refractivity contribution in [1.82, 2.24) is 15.5 Å². The summed E-state index contributed by atoms with van der Waals surface area (Å²) in [7, 11) is 4.16. The molecule has 1 fully saturated rings. The molecule has 0 aromatic carbocycles. The van der Waals surface area contributed by atoms with Gasteiger partial charge in [-0.2, -0.15) is 0 Å². The van der Waals surface area contributed by atoms with E-state index in [0.29, 0.717) is 24.4 Å². The van der Waals surface area contributed by atoms with Crippen LogP contribution in [0.1, 0.15) is 33.1 Å². The minimum absolute atomic E-state index is 0.187. The number of nitrogens with zero attached hydrogens (tertiary/aromatic N) is 1. The molecule has 0 heterocycles. The monoisotopic (exact) mass is 241 g/mol. The van der Waals surface area contributed by atoms with E-state index in [1.807, 2.05) is 0 Å². The third-order valence-electron chi connectivity index (χ3n) is 3.07. The highest BCUT2D eigenvalue weighted by molar-refractivity contribution is 5.76. The van der Waals surface area contributed by atoms with Gasteiger partial charge in [-0.3, -0.25) is 4.79 Å². The third-order valence-corrected chi connectivity index (χ3v) is 3.07. The van der Waals surface area contributed by atoms with Gasteiger partial charge in [-0.05, 0) is 32.9 Å². The van der Waals surface area contributed by atoms with Gasteiger partial charge in [0.05, 0.1) is 0 Å². The molecule has 100 valence electrons. The van der Waals surface area contributed by atoms with Crippen LogP contribution in [-0.4, -0.2) is 50.1 Å². The average molecular weight is 241 g/mol. The van der Waals surface area contributed by atoms with Crippen molar-refractivity contribution in [3.63, 3.8) is 0 Å². The highest BCUT2D eigenvalue weighted by Gasteiger charge is 2.23. The van der Waals surface area contributed by atoms with E-state index >= 15 is 0 Å². The molecule has 1 aliphatic carbocycles. The van der Waals surface area contributed by atoms with Crippen LogP contribution in [0.4, 0.5) is 0 Å². The van der Waals surface area contributed by atoms with Gasteiger partial charge < -0.3 is 15.5 Å². The van der Waals surface area contributed by atoms with Crippen LogP contribution in [0.25, 0.3) is 0 Å². The Labute approximate surface area is 105 Å². The number of likely N-dealkylation sites (N-methyl/N-ethyl adjacent to an activating group) is 1. The van der Waals surface area contributed by atoms with E-state index in [0.717, 1.165) is 25.9 Å². The van der Waals surface area contributed by atoms with E-state index in [9.17, 15) is 4.79 Å². The molecule has 0 aliphatic heterocycles. The lowest BCUT2D eigenvalue weighted by molar-refractivity contribution is -0.121. The van der Waals surface area contributed by atoms with E-state index < -0.39 is 0 Å². The Kier molecular flexibility index (Phi) is 5.92. The lowest BCUT2D eigenvalue weighted by atomic mass is 10.0. The Hall–Kier alpha value is -0.610. The quantitative estimate of drug-likeness (QED) is 0.661. The largest absolute Gasteiger partial charge is 0.353 e. The summed E-state index contributed by atoms with van der Waals surface area (Å²) in [4.78, 5) is 13.7. The summed E-state index contributed by atoms with van der Waals surface area (Å²) in [6, 6.07) is 0.934. The smallest absolute Gasteiger partial charge is 0.221 e. The number of nitrogens with one attached hydrogen (secondary N) is 2. The molecule has 4 nitrogen and oxygen atoms in total. The van der Waals surface area contributed by atoms with Crippen molar-refractivity contribution < 1.29 is 4.79 Å². The van der Waals surface area contributed by atoms with Crippen molar-refractivity contribution in [1.29, 1.82) is 0 Å². The normalized spacial score (nSPS) is 17.5. The Morgan fingerprint density at radius 2 is 2.00 bits per heavy atom. The zero-order chi connectivity index (χ0) is 12.8. The minimum Gasteiger partial charge on any atom is -0.353 e. The SMILES string of the molecule is CC(C)C(CN(C)C)NCCC(=O)NC1CC1. The summed E-state index contributed by atoms with van der Waals surface area (Å²) in [5.41, 5.74) is 0. The molecule has 1 atom stereocenters. The van der Waals surface area contributed by atoms with Gasteiger partial charge in [0.2, 0.25) is 5.91 Å². The molecule has 0 radical (unpaired) electrons. The molecule has 17 heavy (non-hydrogen) atoms. The maximum Gasteiger partial charge on any atom is 0.221 e. The van der Waals surface area contributed by atoms with Crippen LogP contribution in [-0.2, 0) is 4.79 Å². The molecule has 0 saturated heterocycles. The highest BCUT2D eigenvalue weighted by atomic mass is 16.1. The summed E-state index contributed by atoms with van der Waals surface area (Å²) in [5.74, 6) is 0.774. The van der Waals surface area contributed by atoms with Crippen LogP contribution >= 0.6 is 0 Å². The first kappa shape index (κ1) is 14.5. The summed E-state index contributed by atoms with van der Waals surface area (Å²) < 4.78 is 0. The molecule has 0 aromatic rings. The van der Waals surface area contributed by atoms with Crippen molar-refractivity contribution >= 4 is 5.91 Å². The highest BCUT2D eigenvalue weighted by Crippen LogP contribution is 2.18. The number of carbonyl (C=O) groups excluding carboxylic acids is 1. The summed E-state index contributed by atoms with van der Waals surface area (Å²) >= 11 is 0. The summed E-state index contributed by atoms with van der Waals surface area (Å²) in [6.07, 6.45) is 2.91. The molecule has 1 aliphatic rings.